The van der Waals surface area contributed by atoms with Gasteiger partial charge in [-0.05, 0) is 37.3 Å². The second-order valence-corrected chi connectivity index (χ2v) is 6.03. The first-order chi connectivity index (χ1) is 10.1. The molecule has 1 aromatic rings. The summed E-state index contributed by atoms with van der Waals surface area (Å²) in [4.78, 5) is 27.2. The molecular formula is C16H20N2O3. The minimum atomic E-state index is -0.783. The highest BCUT2D eigenvalue weighted by Crippen LogP contribution is 2.33. The minimum Gasteiger partial charge on any atom is -0.481 e. The normalized spacial score (nSPS) is 24.2. The van der Waals surface area contributed by atoms with Gasteiger partial charge in [-0.2, -0.15) is 0 Å². The molecule has 0 radical (unpaired) electrons. The van der Waals surface area contributed by atoms with Gasteiger partial charge in [0.1, 0.15) is 0 Å². The lowest BCUT2D eigenvalue weighted by atomic mass is 10.1. The van der Waals surface area contributed by atoms with E-state index < -0.39 is 5.97 Å². The van der Waals surface area contributed by atoms with Crippen LogP contribution >= 0.6 is 0 Å². The van der Waals surface area contributed by atoms with Crippen molar-refractivity contribution in [3.8, 4) is 0 Å². The molecule has 0 saturated carbocycles. The van der Waals surface area contributed by atoms with Crippen LogP contribution in [0, 0.1) is 5.92 Å². The Labute approximate surface area is 124 Å². The number of carbonyl (C=O) groups excluding carboxylic acids is 1. The van der Waals surface area contributed by atoms with Crippen LogP contribution in [0.15, 0.2) is 24.3 Å². The van der Waals surface area contributed by atoms with E-state index in [0.717, 1.165) is 18.5 Å². The average Bonchev–Trinajstić information content (AvgIpc) is 3.00. The molecule has 2 aliphatic rings. The monoisotopic (exact) mass is 288 g/mol. The third-order valence-corrected chi connectivity index (χ3v) is 4.43. The van der Waals surface area contributed by atoms with Crippen molar-refractivity contribution in [2.24, 2.45) is 5.92 Å². The molecule has 1 fully saturated rings. The fraction of sp³-hybridized carbons (Fsp3) is 0.500. The van der Waals surface area contributed by atoms with Crippen LogP contribution in [-0.2, 0) is 11.2 Å². The summed E-state index contributed by atoms with van der Waals surface area (Å²) in [6.45, 7) is 3.27. The third-order valence-electron chi connectivity index (χ3n) is 4.43. The summed E-state index contributed by atoms with van der Waals surface area (Å²) in [5.41, 5.74) is 2.20. The molecule has 5 heteroatoms. The predicted octanol–water partition coefficient (Wildman–Crippen LogP) is 2.35. The van der Waals surface area contributed by atoms with Crippen molar-refractivity contribution in [3.63, 3.8) is 0 Å². The van der Waals surface area contributed by atoms with E-state index in [4.69, 9.17) is 5.11 Å². The molecule has 21 heavy (non-hydrogen) atoms. The highest BCUT2D eigenvalue weighted by molar-refractivity contribution is 5.95. The number of nitrogens with zero attached hydrogens (tertiary/aromatic N) is 2. The van der Waals surface area contributed by atoms with Crippen LogP contribution in [0.5, 0.6) is 0 Å². The fourth-order valence-electron chi connectivity index (χ4n) is 3.43. The lowest BCUT2D eigenvalue weighted by Crippen LogP contribution is -2.45. The fourth-order valence-corrected chi connectivity index (χ4v) is 3.43. The van der Waals surface area contributed by atoms with E-state index in [1.165, 1.54) is 5.56 Å². The lowest BCUT2D eigenvalue weighted by molar-refractivity contribution is -0.138. The molecule has 5 nitrogen and oxygen atoms in total. The Morgan fingerprint density at radius 3 is 2.86 bits per heavy atom. The summed E-state index contributed by atoms with van der Waals surface area (Å²) in [7, 11) is 0. The number of para-hydroxylation sites is 1. The molecule has 2 heterocycles. The zero-order valence-corrected chi connectivity index (χ0v) is 12.2. The maximum atomic E-state index is 12.8. The number of rotatable bonds is 2. The van der Waals surface area contributed by atoms with Gasteiger partial charge in [-0.25, -0.2) is 4.79 Å². The Morgan fingerprint density at radius 2 is 2.10 bits per heavy atom. The quantitative estimate of drug-likeness (QED) is 0.908. The Morgan fingerprint density at radius 1 is 1.33 bits per heavy atom. The Hall–Kier alpha value is -2.04. The van der Waals surface area contributed by atoms with Crippen molar-refractivity contribution in [1.29, 1.82) is 0 Å². The van der Waals surface area contributed by atoms with Crippen molar-refractivity contribution >= 4 is 17.7 Å². The molecule has 2 aliphatic heterocycles. The highest BCUT2D eigenvalue weighted by Gasteiger charge is 2.36. The standard InChI is InChI=1S/C16H20N2O3/c1-11-8-13-4-2-3-5-14(13)18(11)16(21)17-7-6-12(10-17)9-15(19)20/h2-5,11-12H,6-10H2,1H3,(H,19,20). The van der Waals surface area contributed by atoms with Gasteiger partial charge in [0.25, 0.3) is 0 Å². The van der Waals surface area contributed by atoms with E-state index in [0.29, 0.717) is 13.1 Å². The summed E-state index contributed by atoms with van der Waals surface area (Å²) in [5.74, 6) is -0.700. The molecule has 0 spiro atoms. The van der Waals surface area contributed by atoms with Gasteiger partial charge < -0.3 is 10.0 Å². The summed E-state index contributed by atoms with van der Waals surface area (Å²) in [5, 5.41) is 8.87. The Balaban J connectivity index is 1.73. The Kier molecular flexibility index (Phi) is 3.57. The number of aliphatic carboxylic acids is 1. The van der Waals surface area contributed by atoms with Gasteiger partial charge in [-0.15, -0.1) is 0 Å². The molecule has 2 atom stereocenters. The number of anilines is 1. The molecule has 1 saturated heterocycles. The first kappa shape index (κ1) is 13.9. The van der Waals surface area contributed by atoms with Gasteiger partial charge in [0.05, 0.1) is 0 Å². The van der Waals surface area contributed by atoms with E-state index in [2.05, 4.69) is 13.0 Å². The first-order valence-electron chi connectivity index (χ1n) is 7.44. The topological polar surface area (TPSA) is 60.9 Å². The second kappa shape index (κ2) is 5.39. The van der Waals surface area contributed by atoms with Gasteiger partial charge in [0.2, 0.25) is 0 Å². The van der Waals surface area contributed by atoms with Crippen LogP contribution in [0.4, 0.5) is 10.5 Å². The van der Waals surface area contributed by atoms with Gasteiger partial charge in [-0.1, -0.05) is 18.2 Å². The molecule has 1 N–H and O–H groups in total. The second-order valence-electron chi connectivity index (χ2n) is 6.03. The summed E-state index contributed by atoms with van der Waals surface area (Å²) >= 11 is 0. The number of hydrogen-bond acceptors (Lipinski definition) is 2. The highest BCUT2D eigenvalue weighted by atomic mass is 16.4. The van der Waals surface area contributed by atoms with E-state index in [1.54, 1.807) is 4.90 Å². The first-order valence-corrected chi connectivity index (χ1v) is 7.44. The number of hydrogen-bond donors (Lipinski definition) is 1. The van der Waals surface area contributed by atoms with Crippen molar-refractivity contribution in [2.75, 3.05) is 18.0 Å². The van der Waals surface area contributed by atoms with Crippen LogP contribution in [0.2, 0.25) is 0 Å². The Bertz CT molecular complexity index is 572. The van der Waals surface area contributed by atoms with Crippen LogP contribution in [0.3, 0.4) is 0 Å². The number of carboxylic acid groups (broad SMARTS) is 1. The summed E-state index contributed by atoms with van der Waals surface area (Å²) in [6.07, 6.45) is 1.81. The van der Waals surface area contributed by atoms with Gasteiger partial charge >= 0.3 is 12.0 Å². The number of carbonyl (C=O) groups is 2. The van der Waals surface area contributed by atoms with Crippen LogP contribution in [0.1, 0.15) is 25.3 Å². The summed E-state index contributed by atoms with van der Waals surface area (Å²) in [6, 6.07) is 8.18. The van der Waals surface area contributed by atoms with Crippen LogP contribution in [0.25, 0.3) is 0 Å². The molecule has 112 valence electrons. The predicted molar refractivity (Wildman–Crippen MR) is 79.4 cm³/mol. The molecule has 3 rings (SSSR count). The van der Waals surface area contributed by atoms with Crippen LogP contribution < -0.4 is 4.90 Å². The molecule has 0 aliphatic carbocycles. The largest absolute Gasteiger partial charge is 0.481 e. The number of fused-ring (bicyclic) bond motifs is 1. The van der Waals surface area contributed by atoms with Gasteiger partial charge in [0.15, 0.2) is 0 Å². The van der Waals surface area contributed by atoms with E-state index in [-0.39, 0.29) is 24.4 Å². The van der Waals surface area contributed by atoms with E-state index in [9.17, 15) is 9.59 Å². The van der Waals surface area contributed by atoms with Gasteiger partial charge in [0, 0.05) is 31.2 Å². The molecular weight excluding hydrogens is 268 g/mol. The SMILES string of the molecule is CC1Cc2ccccc2N1C(=O)N1CCC(CC(=O)O)C1. The third kappa shape index (κ3) is 2.60. The maximum Gasteiger partial charge on any atom is 0.324 e. The minimum absolute atomic E-state index is 0.0142. The number of urea groups is 1. The summed E-state index contributed by atoms with van der Waals surface area (Å²) < 4.78 is 0. The van der Waals surface area contributed by atoms with Crippen molar-refractivity contribution < 1.29 is 14.7 Å². The van der Waals surface area contributed by atoms with Crippen molar-refractivity contribution in [3.05, 3.63) is 29.8 Å². The van der Waals surface area contributed by atoms with Gasteiger partial charge in [-0.3, -0.25) is 9.69 Å². The molecule has 2 unspecified atom stereocenters. The van der Waals surface area contributed by atoms with Crippen LogP contribution in [-0.4, -0.2) is 41.1 Å². The van der Waals surface area contributed by atoms with Crippen molar-refractivity contribution in [2.45, 2.75) is 32.2 Å². The zero-order valence-electron chi connectivity index (χ0n) is 12.2. The van der Waals surface area contributed by atoms with E-state index >= 15 is 0 Å². The number of benzene rings is 1. The number of carboxylic acids is 1. The molecule has 0 aromatic heterocycles. The zero-order chi connectivity index (χ0) is 15.0. The maximum absolute atomic E-state index is 12.8. The average molecular weight is 288 g/mol. The molecule has 0 bridgehead atoms. The lowest BCUT2D eigenvalue weighted by Gasteiger charge is -2.28. The van der Waals surface area contributed by atoms with Crippen molar-refractivity contribution in [1.82, 2.24) is 4.90 Å². The van der Waals surface area contributed by atoms with E-state index in [1.807, 2.05) is 23.1 Å². The molecule has 2 amide bonds. The number of amides is 2. The number of likely N-dealkylation sites (tertiary alicyclic amines) is 1. The smallest absolute Gasteiger partial charge is 0.324 e. The molecule has 1 aromatic carbocycles.